The zero-order valence-corrected chi connectivity index (χ0v) is 26.4. The molecule has 0 saturated heterocycles. The molecule has 0 atom stereocenters. The quantitative estimate of drug-likeness (QED) is 0.284. The molecule has 0 aromatic heterocycles. The highest BCUT2D eigenvalue weighted by Gasteiger charge is 2.26. The Morgan fingerprint density at radius 3 is 2.09 bits per heavy atom. The van der Waals surface area contributed by atoms with Crippen molar-refractivity contribution in [1.82, 2.24) is 10.2 Å². The van der Waals surface area contributed by atoms with Crippen LogP contribution in [-0.2, 0) is 25.6 Å². The normalized spacial score (nSPS) is 14.6. The minimum atomic E-state index is -0.595. The van der Waals surface area contributed by atoms with Gasteiger partial charge in [0.15, 0.2) is 0 Å². The molecule has 11 heteroatoms. The Kier molecular flexibility index (Phi) is 9.83. The van der Waals surface area contributed by atoms with Gasteiger partial charge < -0.3 is 30.3 Å². The van der Waals surface area contributed by atoms with E-state index in [4.69, 9.17) is 9.47 Å². The number of rotatable bonds is 7. The average Bonchev–Trinajstić information content (AvgIpc) is 2.91. The minimum absolute atomic E-state index is 0. The summed E-state index contributed by atoms with van der Waals surface area (Å²) in [6.45, 7) is 11.9. The van der Waals surface area contributed by atoms with Crippen LogP contribution in [0, 0.1) is 5.82 Å². The molecule has 1 aliphatic carbocycles. The highest BCUT2D eigenvalue weighted by atomic mass is 19.1. The van der Waals surface area contributed by atoms with Crippen LogP contribution in [0.4, 0.5) is 25.4 Å². The minimum Gasteiger partial charge on any atom is -0.444 e. The monoisotopic (exact) mass is 624 g/mol. The fourth-order valence-electron chi connectivity index (χ4n) is 4.45. The molecular formula is C34H45FN4O6. The maximum atomic E-state index is 14.9. The summed E-state index contributed by atoms with van der Waals surface area (Å²) in [6.07, 6.45) is 1.60. The molecule has 3 N–H and O–H groups in total. The summed E-state index contributed by atoms with van der Waals surface area (Å²) in [5.74, 6) is -1.53. The third kappa shape index (κ3) is 9.55. The van der Waals surface area contributed by atoms with Crippen LogP contribution < -0.4 is 16.0 Å². The van der Waals surface area contributed by atoms with Gasteiger partial charge in [0.05, 0.1) is 16.8 Å². The van der Waals surface area contributed by atoms with Crippen molar-refractivity contribution in [3.05, 3.63) is 82.4 Å². The summed E-state index contributed by atoms with van der Waals surface area (Å²) >= 11 is 0. The summed E-state index contributed by atoms with van der Waals surface area (Å²) in [6, 6.07) is 11.5. The fourth-order valence-corrected chi connectivity index (χ4v) is 4.45. The standard InChI is InChI=1S/C34H39FN4O6.3H2/c1-33(2,3)44-31(42)36-20-21-7-10-26(11-8-21)37-29(40)24-17-25(18-24)30(41)38-28-12-9-23(19-27(28)35)22-13-15-39(16-14-22)32(43)45-34(4,5)6;;;/h7-13,19H,14-17,20H2,1-6H3,(H,36,42)(H,37,40)(H,38,41);3*1H. The molecule has 0 saturated carbocycles. The number of nitrogens with zero attached hydrogens (tertiary/aromatic N) is 1. The van der Waals surface area contributed by atoms with E-state index in [-0.39, 0.29) is 34.6 Å². The second-order valence-corrected chi connectivity index (χ2v) is 12.8. The Bertz CT molecular complexity index is 1610. The van der Waals surface area contributed by atoms with Gasteiger partial charge in [-0.25, -0.2) is 14.0 Å². The van der Waals surface area contributed by atoms with E-state index in [1.54, 1.807) is 56.0 Å². The first-order valence-corrected chi connectivity index (χ1v) is 14.7. The van der Waals surface area contributed by atoms with E-state index in [1.807, 2.05) is 26.8 Å². The lowest BCUT2D eigenvalue weighted by Crippen LogP contribution is -2.39. The van der Waals surface area contributed by atoms with Crippen molar-refractivity contribution in [1.29, 1.82) is 0 Å². The molecule has 0 bridgehead atoms. The van der Waals surface area contributed by atoms with Crippen LogP contribution >= 0.6 is 0 Å². The van der Waals surface area contributed by atoms with Crippen molar-refractivity contribution in [2.24, 2.45) is 0 Å². The van der Waals surface area contributed by atoms with Crippen LogP contribution in [0.5, 0.6) is 0 Å². The van der Waals surface area contributed by atoms with Gasteiger partial charge in [-0.3, -0.25) is 9.59 Å². The Hall–Kier alpha value is -4.89. The number of amides is 4. The molecule has 0 fully saturated rings. The third-order valence-electron chi connectivity index (χ3n) is 6.70. The summed E-state index contributed by atoms with van der Waals surface area (Å²) in [7, 11) is 0. The summed E-state index contributed by atoms with van der Waals surface area (Å²) in [4.78, 5) is 51.0. The number of carbonyl (C=O) groups excluding carboxylic acids is 4. The van der Waals surface area contributed by atoms with E-state index in [9.17, 15) is 23.6 Å². The van der Waals surface area contributed by atoms with E-state index >= 15 is 0 Å². The van der Waals surface area contributed by atoms with Gasteiger partial charge in [-0.05, 0) is 88.9 Å². The van der Waals surface area contributed by atoms with Crippen LogP contribution in [0.3, 0.4) is 0 Å². The topological polar surface area (TPSA) is 126 Å². The van der Waals surface area contributed by atoms with E-state index in [2.05, 4.69) is 21.7 Å². The van der Waals surface area contributed by atoms with Gasteiger partial charge in [0.2, 0.25) is 0 Å². The first-order valence-electron chi connectivity index (χ1n) is 14.7. The van der Waals surface area contributed by atoms with Gasteiger partial charge in [-0.15, -0.1) is 5.73 Å². The number of nitrogens with one attached hydrogen (secondary N) is 3. The zero-order chi connectivity index (χ0) is 32.9. The molecule has 10 nitrogen and oxygen atoms in total. The Labute approximate surface area is 266 Å². The molecule has 2 aromatic carbocycles. The van der Waals surface area contributed by atoms with Crippen molar-refractivity contribution < 1.29 is 37.3 Å². The van der Waals surface area contributed by atoms with E-state index in [0.29, 0.717) is 36.3 Å². The van der Waals surface area contributed by atoms with Crippen molar-refractivity contribution >= 4 is 40.9 Å². The molecule has 0 unspecified atom stereocenters. The number of carbonyl (C=O) groups is 4. The van der Waals surface area contributed by atoms with E-state index in [0.717, 1.165) is 11.1 Å². The largest absolute Gasteiger partial charge is 0.444 e. The summed E-state index contributed by atoms with van der Waals surface area (Å²) in [5, 5.41) is 7.97. The van der Waals surface area contributed by atoms with Crippen LogP contribution in [0.15, 0.2) is 65.4 Å². The predicted octanol–water partition coefficient (Wildman–Crippen LogP) is 7.05. The van der Waals surface area contributed by atoms with Gasteiger partial charge >= 0.3 is 12.2 Å². The Balaban J connectivity index is 0.00000384. The molecule has 45 heavy (non-hydrogen) atoms. The number of anilines is 2. The van der Waals surface area contributed by atoms with Gasteiger partial charge in [0, 0.05) is 36.0 Å². The average molecular weight is 625 g/mol. The lowest BCUT2D eigenvalue weighted by atomic mass is 9.95. The molecule has 2 aromatic rings. The molecular weight excluding hydrogens is 579 g/mol. The highest BCUT2D eigenvalue weighted by Crippen LogP contribution is 2.28. The van der Waals surface area contributed by atoms with Crippen LogP contribution in [-0.4, -0.2) is 53.2 Å². The van der Waals surface area contributed by atoms with Crippen molar-refractivity contribution in [2.75, 3.05) is 23.7 Å². The Morgan fingerprint density at radius 2 is 1.53 bits per heavy atom. The first kappa shape index (κ1) is 33.0. The maximum Gasteiger partial charge on any atom is 0.410 e. The fraction of sp³-hybridized carbons (Fsp3) is 0.382. The van der Waals surface area contributed by atoms with Crippen molar-refractivity contribution in [3.8, 4) is 0 Å². The van der Waals surface area contributed by atoms with Gasteiger partial charge in [-0.1, -0.05) is 24.3 Å². The van der Waals surface area contributed by atoms with Crippen LogP contribution in [0.25, 0.3) is 5.57 Å². The van der Waals surface area contributed by atoms with Crippen LogP contribution in [0.1, 0.15) is 69.8 Å². The van der Waals surface area contributed by atoms with Crippen LogP contribution in [0.2, 0.25) is 0 Å². The maximum absolute atomic E-state index is 14.9. The molecule has 4 amide bonds. The molecule has 0 spiro atoms. The number of alkyl carbamates (subject to hydrolysis) is 1. The Morgan fingerprint density at radius 1 is 0.911 bits per heavy atom. The van der Waals surface area contributed by atoms with Crippen molar-refractivity contribution in [2.45, 2.75) is 72.1 Å². The van der Waals surface area contributed by atoms with Gasteiger partial charge in [-0.2, -0.15) is 0 Å². The second-order valence-electron chi connectivity index (χ2n) is 12.8. The lowest BCUT2D eigenvalue weighted by molar-refractivity contribution is -0.113. The number of ether oxygens (including phenoxy) is 2. The van der Waals surface area contributed by atoms with E-state index < -0.39 is 34.9 Å². The summed E-state index contributed by atoms with van der Waals surface area (Å²) in [5.41, 5.74) is 5.09. The number of benzene rings is 2. The summed E-state index contributed by atoms with van der Waals surface area (Å²) < 4.78 is 25.5. The molecule has 0 radical (unpaired) electrons. The number of hydrogen-bond acceptors (Lipinski definition) is 6. The SMILES string of the molecule is CC(C)(C)OC(=O)NCc1ccc(NC(=O)C2=C=C(C(=O)Nc3ccc(C4=CCN(C(=O)OC(C)(C)C)CC4)cc3F)C2)cc1.[HH].[HH].[HH]. The first-order chi connectivity index (χ1) is 21.1. The molecule has 1 heterocycles. The molecule has 4 rings (SSSR count). The highest BCUT2D eigenvalue weighted by molar-refractivity contribution is 6.11. The smallest absolute Gasteiger partial charge is 0.410 e. The molecule has 2 aliphatic rings. The van der Waals surface area contributed by atoms with Crippen molar-refractivity contribution in [3.63, 3.8) is 0 Å². The zero-order valence-electron chi connectivity index (χ0n) is 26.4. The third-order valence-corrected chi connectivity index (χ3v) is 6.70. The van der Waals surface area contributed by atoms with Gasteiger partial charge in [0.25, 0.3) is 11.8 Å². The number of hydrogen-bond donors (Lipinski definition) is 3. The van der Waals surface area contributed by atoms with Gasteiger partial charge in [0.1, 0.15) is 17.0 Å². The van der Waals surface area contributed by atoms with E-state index in [1.165, 1.54) is 12.1 Å². The lowest BCUT2D eigenvalue weighted by Gasteiger charge is -2.29. The molecule has 244 valence electrons. The number of halogens is 1. The molecule has 1 aliphatic heterocycles. The predicted molar refractivity (Wildman–Crippen MR) is 175 cm³/mol. The second kappa shape index (κ2) is 13.4.